The zero-order valence-corrected chi connectivity index (χ0v) is 24.9. The Morgan fingerprint density at radius 1 is 1.17 bits per heavy atom. The molecule has 0 aliphatic heterocycles. The first-order valence-corrected chi connectivity index (χ1v) is 13.4. The minimum Gasteiger partial charge on any atom is -0.452 e. The van der Waals surface area contributed by atoms with Gasteiger partial charge in [0.1, 0.15) is 6.54 Å². The molecule has 14 nitrogen and oxygen atoms in total. The van der Waals surface area contributed by atoms with Gasteiger partial charge in [-0.2, -0.15) is 37.1 Å². The Hall–Kier alpha value is -5.38. The van der Waals surface area contributed by atoms with Gasteiger partial charge in [0.25, 0.3) is 11.7 Å². The monoisotopic (exact) mass is 667 g/mol. The molecule has 2 amide bonds. The van der Waals surface area contributed by atoms with E-state index < -0.39 is 36.5 Å². The van der Waals surface area contributed by atoms with Crippen LogP contribution in [0.25, 0.3) is 5.82 Å². The third kappa shape index (κ3) is 6.96. The van der Waals surface area contributed by atoms with Gasteiger partial charge in [0.05, 0.1) is 52.9 Å². The van der Waals surface area contributed by atoms with Crippen molar-refractivity contribution in [2.45, 2.75) is 38.5 Å². The van der Waals surface area contributed by atoms with Crippen LogP contribution in [0.1, 0.15) is 45.6 Å². The van der Waals surface area contributed by atoms with Crippen LogP contribution in [-0.4, -0.2) is 72.3 Å². The number of carbonyl (C=O) groups is 2. The number of methoxy groups -OCH3 is 1. The van der Waals surface area contributed by atoms with Crippen LogP contribution in [-0.2, 0) is 30.2 Å². The number of hydrogen-bond acceptors (Lipinski definition) is 10. The first-order valence-electron chi connectivity index (χ1n) is 13.0. The lowest BCUT2D eigenvalue weighted by atomic mass is 10.0. The van der Waals surface area contributed by atoms with Crippen LogP contribution >= 0.6 is 11.6 Å². The summed E-state index contributed by atoms with van der Waals surface area (Å²) in [6, 6.07) is 9.45. The first kappa shape index (κ1) is 33.5. The highest BCUT2D eigenvalue weighted by Gasteiger charge is 2.62. The molecule has 2 N–H and O–H groups in total. The van der Waals surface area contributed by atoms with Gasteiger partial charge in [-0.3, -0.25) is 10.2 Å². The molecule has 0 unspecified atom stereocenters. The predicted molar refractivity (Wildman–Crippen MR) is 149 cm³/mol. The van der Waals surface area contributed by atoms with E-state index in [0.29, 0.717) is 28.2 Å². The fourth-order valence-electron chi connectivity index (χ4n) is 4.11. The number of pyridine rings is 1. The smallest absolute Gasteiger partial charge is 0.452 e. The highest BCUT2D eigenvalue weighted by atomic mass is 35.5. The Labute approximate surface area is 261 Å². The van der Waals surface area contributed by atoms with Crippen LogP contribution < -0.4 is 10.7 Å². The van der Waals surface area contributed by atoms with Gasteiger partial charge < -0.3 is 10.1 Å². The van der Waals surface area contributed by atoms with E-state index in [1.54, 1.807) is 19.1 Å². The standard InChI is InChI=1S/C26H23ClF5N11O3/c1-4-15-8-14(11-33)9-18(22(44)38-41(2)24(45)46-3)20(15)35-12-17-10-16(37-43(17)21-19(27)6-5-7-34-21)13-42-39-23(36-40-42)25(28,29)26(30,31)32/h5-10,35H,4,12-13H2,1-3H3,(H,38,44). The summed E-state index contributed by atoms with van der Waals surface area (Å²) in [4.78, 5) is 29.8. The molecular formula is C26H23ClF5N11O3. The molecule has 4 rings (SSSR count). The Morgan fingerprint density at radius 2 is 1.91 bits per heavy atom. The molecule has 0 atom stereocenters. The topological polar surface area (TPSA) is 169 Å². The Morgan fingerprint density at radius 3 is 2.54 bits per heavy atom. The number of amides is 2. The van der Waals surface area contributed by atoms with Crippen molar-refractivity contribution in [3.8, 4) is 11.9 Å². The maximum absolute atomic E-state index is 13.7. The van der Waals surface area contributed by atoms with Gasteiger partial charge in [-0.15, -0.1) is 10.2 Å². The van der Waals surface area contributed by atoms with Crippen molar-refractivity contribution in [2.75, 3.05) is 19.5 Å². The Balaban J connectivity index is 1.71. The number of alkyl halides is 5. The molecule has 0 spiro atoms. The number of hydrogen-bond donors (Lipinski definition) is 2. The SMILES string of the molecule is CCc1cc(C#N)cc(C(=O)NN(C)C(=O)OC)c1NCc1cc(Cn2nnc(C(F)(F)C(F)(F)F)n2)nn1-c1ncccc1Cl. The molecule has 4 aromatic rings. The number of aryl methyl sites for hydroxylation is 1. The largest absolute Gasteiger partial charge is 0.461 e. The summed E-state index contributed by atoms with van der Waals surface area (Å²) in [6.45, 7) is 1.26. The molecule has 3 aromatic heterocycles. The number of nitrogens with zero attached hydrogens (tertiary/aromatic N) is 9. The highest BCUT2D eigenvalue weighted by Crippen LogP contribution is 2.41. The van der Waals surface area contributed by atoms with Crippen LogP contribution in [0, 0.1) is 11.3 Å². The molecular weight excluding hydrogens is 645 g/mol. The maximum atomic E-state index is 13.7. The van der Waals surface area contributed by atoms with Gasteiger partial charge in [0, 0.05) is 13.2 Å². The summed E-state index contributed by atoms with van der Waals surface area (Å²) in [7, 11) is 2.39. The van der Waals surface area contributed by atoms with Gasteiger partial charge in [0.2, 0.25) is 0 Å². The molecule has 0 aliphatic rings. The lowest BCUT2D eigenvalue weighted by Gasteiger charge is -2.20. The Kier molecular flexibility index (Phi) is 9.70. The van der Waals surface area contributed by atoms with Crippen LogP contribution in [0.5, 0.6) is 0 Å². The van der Waals surface area contributed by atoms with Gasteiger partial charge >= 0.3 is 18.2 Å². The average molecular weight is 668 g/mol. The fourth-order valence-corrected chi connectivity index (χ4v) is 4.31. The van der Waals surface area contributed by atoms with E-state index in [0.717, 1.165) is 12.1 Å². The minimum atomic E-state index is -5.93. The van der Waals surface area contributed by atoms with E-state index in [9.17, 15) is 36.8 Å². The molecule has 0 fully saturated rings. The maximum Gasteiger partial charge on any atom is 0.461 e. The van der Waals surface area contributed by atoms with E-state index >= 15 is 0 Å². The van der Waals surface area contributed by atoms with Crippen molar-refractivity contribution in [3.05, 3.63) is 75.5 Å². The molecule has 242 valence electrons. The van der Waals surface area contributed by atoms with Gasteiger partial charge in [-0.25, -0.2) is 19.5 Å². The summed E-state index contributed by atoms with van der Waals surface area (Å²) in [5.74, 6) is -7.75. The predicted octanol–water partition coefficient (Wildman–Crippen LogP) is 4.00. The number of carbonyl (C=O) groups excluding carboxylic acids is 2. The zero-order valence-electron chi connectivity index (χ0n) is 24.1. The third-order valence-corrected chi connectivity index (χ3v) is 6.60. The highest BCUT2D eigenvalue weighted by molar-refractivity contribution is 6.32. The van der Waals surface area contributed by atoms with Crippen LogP contribution in [0.15, 0.2) is 36.5 Å². The van der Waals surface area contributed by atoms with Gasteiger partial charge in [-0.1, -0.05) is 18.5 Å². The zero-order chi connectivity index (χ0) is 33.8. The normalized spacial score (nSPS) is 11.6. The number of halogens is 6. The molecule has 0 radical (unpaired) electrons. The second-order valence-corrected chi connectivity index (χ2v) is 9.82. The lowest BCUT2D eigenvalue weighted by molar-refractivity contribution is -0.292. The summed E-state index contributed by atoms with van der Waals surface area (Å²) >= 11 is 6.35. The molecule has 0 saturated heterocycles. The first-order chi connectivity index (χ1) is 21.7. The van der Waals surface area contributed by atoms with Crippen molar-refractivity contribution >= 4 is 29.3 Å². The number of hydrazine groups is 1. The summed E-state index contributed by atoms with van der Waals surface area (Å²) in [6.07, 6.45) is -4.97. The van der Waals surface area contributed by atoms with Crippen molar-refractivity contribution in [1.82, 2.24) is 45.4 Å². The van der Waals surface area contributed by atoms with E-state index in [4.69, 9.17) is 11.6 Å². The Bertz CT molecular complexity index is 1800. The van der Waals surface area contributed by atoms with Gasteiger partial charge in [-0.05, 0) is 47.5 Å². The number of ether oxygens (including phenoxy) is 1. The molecule has 1 aromatic carbocycles. The fraction of sp³-hybridized carbons (Fsp3) is 0.308. The van der Waals surface area contributed by atoms with E-state index in [-0.39, 0.29) is 34.2 Å². The number of nitrogens with one attached hydrogen (secondary N) is 2. The number of anilines is 1. The summed E-state index contributed by atoms with van der Waals surface area (Å²) in [5.41, 5.74) is 3.87. The number of benzene rings is 1. The quantitative estimate of drug-likeness (QED) is 0.197. The molecule has 20 heteroatoms. The molecule has 0 saturated carbocycles. The molecule has 46 heavy (non-hydrogen) atoms. The molecule has 3 heterocycles. The number of nitriles is 1. The second-order valence-electron chi connectivity index (χ2n) is 9.41. The number of aromatic nitrogens is 7. The van der Waals surface area contributed by atoms with E-state index in [1.165, 1.54) is 36.1 Å². The summed E-state index contributed by atoms with van der Waals surface area (Å²) in [5, 5.41) is 27.4. The van der Waals surface area contributed by atoms with Crippen LogP contribution in [0.2, 0.25) is 5.02 Å². The van der Waals surface area contributed by atoms with Crippen molar-refractivity contribution in [1.29, 1.82) is 5.26 Å². The van der Waals surface area contributed by atoms with Gasteiger partial charge in [0.15, 0.2) is 5.82 Å². The summed E-state index contributed by atoms with van der Waals surface area (Å²) < 4.78 is 71.6. The van der Waals surface area contributed by atoms with E-state index in [1.807, 2.05) is 6.07 Å². The van der Waals surface area contributed by atoms with Crippen molar-refractivity contribution < 1.29 is 36.3 Å². The van der Waals surface area contributed by atoms with Crippen molar-refractivity contribution in [3.63, 3.8) is 0 Å². The third-order valence-electron chi connectivity index (χ3n) is 6.31. The molecule has 0 bridgehead atoms. The average Bonchev–Trinajstić information content (AvgIpc) is 3.66. The number of tetrazole rings is 1. The second kappa shape index (κ2) is 13.3. The van der Waals surface area contributed by atoms with Crippen LogP contribution in [0.3, 0.4) is 0 Å². The minimum absolute atomic E-state index is 0.0127. The van der Waals surface area contributed by atoms with E-state index in [2.05, 4.69) is 41.0 Å². The molecule has 0 aliphatic carbocycles. The van der Waals surface area contributed by atoms with Crippen LogP contribution in [0.4, 0.5) is 32.4 Å². The lowest BCUT2D eigenvalue weighted by Crippen LogP contribution is -2.43. The van der Waals surface area contributed by atoms with Crippen molar-refractivity contribution in [2.24, 2.45) is 0 Å². The number of rotatable bonds is 9.